The summed E-state index contributed by atoms with van der Waals surface area (Å²) in [7, 11) is 0. The lowest BCUT2D eigenvalue weighted by atomic mass is 10.2. The molecule has 1 aromatic carbocycles. The van der Waals surface area contributed by atoms with Crippen molar-refractivity contribution in [2.75, 3.05) is 5.88 Å². The number of halogens is 1. The highest BCUT2D eigenvalue weighted by atomic mass is 35.5. The van der Waals surface area contributed by atoms with Crippen LogP contribution in [0.3, 0.4) is 0 Å². The number of rotatable bonds is 1. The number of aliphatic hydroxyl groups is 1. The highest BCUT2D eigenvalue weighted by Gasteiger charge is 1.92. The molecular weight excluding hydrogens is 172 g/mol. The average molecular weight is 181 g/mol. The molecular formula is C10H9ClO. The molecule has 1 nitrogen and oxygen atoms in total. The molecule has 1 aromatic rings. The molecule has 0 aliphatic heterocycles. The SMILES string of the molecule is O[C@H](C#Cc1ccccc1)CCl. The molecule has 0 aliphatic carbocycles. The molecule has 62 valence electrons. The van der Waals surface area contributed by atoms with E-state index < -0.39 is 6.10 Å². The van der Waals surface area contributed by atoms with Crippen LogP contribution in [0.15, 0.2) is 30.3 Å². The normalized spacial score (nSPS) is 11.5. The maximum Gasteiger partial charge on any atom is 0.128 e. The van der Waals surface area contributed by atoms with Crippen LogP contribution in [0.1, 0.15) is 5.56 Å². The summed E-state index contributed by atoms with van der Waals surface area (Å²) < 4.78 is 0. The molecule has 1 N–H and O–H groups in total. The van der Waals surface area contributed by atoms with Gasteiger partial charge in [-0.05, 0) is 12.1 Å². The van der Waals surface area contributed by atoms with Crippen molar-refractivity contribution in [3.63, 3.8) is 0 Å². The van der Waals surface area contributed by atoms with Crippen LogP contribution in [0.25, 0.3) is 0 Å². The molecule has 0 aromatic heterocycles. The molecule has 0 saturated heterocycles. The van der Waals surface area contributed by atoms with Crippen LogP contribution < -0.4 is 0 Å². The fourth-order valence-corrected chi connectivity index (χ4v) is 0.804. The monoisotopic (exact) mass is 180 g/mol. The zero-order chi connectivity index (χ0) is 8.81. The van der Waals surface area contributed by atoms with E-state index in [1.165, 1.54) is 0 Å². The first-order chi connectivity index (χ1) is 5.83. The van der Waals surface area contributed by atoms with Crippen LogP contribution in [0.5, 0.6) is 0 Å². The zero-order valence-electron chi connectivity index (χ0n) is 6.50. The van der Waals surface area contributed by atoms with Gasteiger partial charge in [-0.1, -0.05) is 30.0 Å². The Balaban J connectivity index is 2.67. The van der Waals surface area contributed by atoms with Gasteiger partial charge >= 0.3 is 0 Å². The summed E-state index contributed by atoms with van der Waals surface area (Å²) in [5.41, 5.74) is 0.890. The van der Waals surface area contributed by atoms with E-state index in [9.17, 15) is 0 Å². The van der Waals surface area contributed by atoms with Crippen molar-refractivity contribution in [3.05, 3.63) is 35.9 Å². The lowest BCUT2D eigenvalue weighted by molar-refractivity contribution is 0.256. The highest BCUT2D eigenvalue weighted by molar-refractivity contribution is 6.18. The first-order valence-corrected chi connectivity index (χ1v) is 4.17. The second-order valence-electron chi connectivity index (χ2n) is 2.31. The van der Waals surface area contributed by atoms with Gasteiger partial charge in [-0.2, -0.15) is 0 Å². The van der Waals surface area contributed by atoms with Crippen LogP contribution >= 0.6 is 11.6 Å². The van der Waals surface area contributed by atoms with Gasteiger partial charge in [0, 0.05) is 5.56 Å². The van der Waals surface area contributed by atoms with Gasteiger partial charge < -0.3 is 5.11 Å². The summed E-state index contributed by atoms with van der Waals surface area (Å²) in [6, 6.07) is 9.49. The van der Waals surface area contributed by atoms with Gasteiger partial charge in [0.1, 0.15) is 6.10 Å². The average Bonchev–Trinajstić information content (AvgIpc) is 2.16. The molecule has 1 rings (SSSR count). The van der Waals surface area contributed by atoms with E-state index in [1.807, 2.05) is 30.3 Å². The minimum atomic E-state index is -0.730. The molecule has 12 heavy (non-hydrogen) atoms. The minimum Gasteiger partial charge on any atom is -0.379 e. The Bertz CT molecular complexity index is 284. The molecule has 0 heterocycles. The zero-order valence-corrected chi connectivity index (χ0v) is 7.25. The summed E-state index contributed by atoms with van der Waals surface area (Å²) in [6.07, 6.45) is -0.730. The van der Waals surface area contributed by atoms with Crippen molar-refractivity contribution >= 4 is 11.6 Å². The van der Waals surface area contributed by atoms with Gasteiger partial charge in [-0.3, -0.25) is 0 Å². The van der Waals surface area contributed by atoms with Crippen LogP contribution in [-0.4, -0.2) is 17.1 Å². The van der Waals surface area contributed by atoms with Crippen LogP contribution in [0.4, 0.5) is 0 Å². The Morgan fingerprint density at radius 2 is 2.00 bits per heavy atom. The quantitative estimate of drug-likeness (QED) is 0.515. The van der Waals surface area contributed by atoms with Crippen molar-refractivity contribution in [1.82, 2.24) is 0 Å². The van der Waals surface area contributed by atoms with Crippen molar-refractivity contribution in [3.8, 4) is 11.8 Å². The largest absolute Gasteiger partial charge is 0.379 e. The lowest BCUT2D eigenvalue weighted by Gasteiger charge is -1.92. The Hall–Kier alpha value is -0.970. The van der Waals surface area contributed by atoms with Crippen molar-refractivity contribution < 1.29 is 5.11 Å². The third-order valence-corrected chi connectivity index (χ3v) is 1.60. The number of hydrogen-bond donors (Lipinski definition) is 1. The van der Waals surface area contributed by atoms with Crippen LogP contribution in [-0.2, 0) is 0 Å². The minimum absolute atomic E-state index is 0.153. The van der Waals surface area contributed by atoms with E-state index in [-0.39, 0.29) is 5.88 Å². The second-order valence-corrected chi connectivity index (χ2v) is 2.61. The predicted octanol–water partition coefficient (Wildman–Crippen LogP) is 1.64. The van der Waals surface area contributed by atoms with Gasteiger partial charge in [0.15, 0.2) is 0 Å². The summed E-state index contributed by atoms with van der Waals surface area (Å²) >= 11 is 5.37. The van der Waals surface area contributed by atoms with Gasteiger partial charge in [-0.15, -0.1) is 11.6 Å². The summed E-state index contributed by atoms with van der Waals surface area (Å²) in [5, 5.41) is 9.01. The fraction of sp³-hybridized carbons (Fsp3) is 0.200. The van der Waals surface area contributed by atoms with E-state index in [4.69, 9.17) is 16.7 Å². The second kappa shape index (κ2) is 4.82. The number of hydrogen-bond acceptors (Lipinski definition) is 1. The van der Waals surface area contributed by atoms with Gasteiger partial charge in [0.2, 0.25) is 0 Å². The molecule has 0 spiro atoms. The van der Waals surface area contributed by atoms with E-state index in [0.717, 1.165) is 5.56 Å². The molecule has 1 atom stereocenters. The Kier molecular flexibility index (Phi) is 3.66. The van der Waals surface area contributed by atoms with Crippen LogP contribution in [0.2, 0.25) is 0 Å². The molecule has 0 saturated carbocycles. The maximum atomic E-state index is 9.01. The Morgan fingerprint density at radius 3 is 2.58 bits per heavy atom. The van der Waals surface area contributed by atoms with E-state index >= 15 is 0 Å². The molecule has 2 heteroatoms. The van der Waals surface area contributed by atoms with Crippen LogP contribution in [0, 0.1) is 11.8 Å². The van der Waals surface area contributed by atoms with Gasteiger partial charge in [0.05, 0.1) is 5.88 Å². The molecule has 0 aliphatic rings. The van der Waals surface area contributed by atoms with Crippen molar-refractivity contribution in [1.29, 1.82) is 0 Å². The first-order valence-electron chi connectivity index (χ1n) is 3.63. The van der Waals surface area contributed by atoms with Crippen molar-refractivity contribution in [2.24, 2.45) is 0 Å². The smallest absolute Gasteiger partial charge is 0.128 e. The summed E-state index contributed by atoms with van der Waals surface area (Å²) in [5.74, 6) is 5.59. The summed E-state index contributed by atoms with van der Waals surface area (Å²) in [6.45, 7) is 0. The number of aliphatic hydroxyl groups excluding tert-OH is 1. The third-order valence-electron chi connectivity index (χ3n) is 1.30. The third kappa shape index (κ3) is 2.96. The standard InChI is InChI=1S/C10H9ClO/c11-8-10(12)7-6-9-4-2-1-3-5-9/h1-5,10,12H,8H2/t10-/m1/s1. The topological polar surface area (TPSA) is 20.2 Å². The Labute approximate surface area is 77.0 Å². The van der Waals surface area contributed by atoms with E-state index in [1.54, 1.807) is 0 Å². The molecule has 0 radical (unpaired) electrons. The molecule has 0 fully saturated rings. The molecule has 0 amide bonds. The van der Waals surface area contributed by atoms with Gasteiger partial charge in [0.25, 0.3) is 0 Å². The first kappa shape index (κ1) is 9.12. The predicted molar refractivity (Wildman–Crippen MR) is 50.0 cm³/mol. The molecule has 0 bridgehead atoms. The van der Waals surface area contributed by atoms with Gasteiger partial charge in [-0.25, -0.2) is 0 Å². The van der Waals surface area contributed by atoms with E-state index in [2.05, 4.69) is 11.8 Å². The van der Waals surface area contributed by atoms with Crippen molar-refractivity contribution in [2.45, 2.75) is 6.10 Å². The Morgan fingerprint density at radius 1 is 1.33 bits per heavy atom. The highest BCUT2D eigenvalue weighted by Crippen LogP contribution is 1.95. The molecule has 0 unspecified atom stereocenters. The number of alkyl halides is 1. The maximum absolute atomic E-state index is 9.01. The summed E-state index contributed by atoms with van der Waals surface area (Å²) in [4.78, 5) is 0. The van der Waals surface area contributed by atoms with E-state index in [0.29, 0.717) is 0 Å². The number of benzene rings is 1. The lowest BCUT2D eigenvalue weighted by Crippen LogP contribution is -2.03. The fourth-order valence-electron chi connectivity index (χ4n) is 0.727.